The van der Waals surface area contributed by atoms with Crippen molar-refractivity contribution in [1.29, 1.82) is 0 Å². The average Bonchev–Trinajstić information content (AvgIpc) is 2.74. The van der Waals surface area contributed by atoms with Gasteiger partial charge in [0.05, 0.1) is 12.5 Å². The molecule has 3 heteroatoms. The molecule has 0 heterocycles. The van der Waals surface area contributed by atoms with Crippen LogP contribution >= 0.6 is 0 Å². The fourth-order valence-electron chi connectivity index (χ4n) is 2.98. The molecule has 0 saturated heterocycles. The summed E-state index contributed by atoms with van der Waals surface area (Å²) < 4.78 is 5.18. The Bertz CT molecular complexity index is 227. The lowest BCUT2D eigenvalue weighted by Gasteiger charge is -2.26. The topological polar surface area (TPSA) is 52.3 Å². The van der Waals surface area contributed by atoms with Crippen LogP contribution in [0.1, 0.15) is 32.6 Å². The van der Waals surface area contributed by atoms with Crippen LogP contribution in [0, 0.1) is 17.8 Å². The summed E-state index contributed by atoms with van der Waals surface area (Å²) in [4.78, 5) is 11.7. The van der Waals surface area contributed by atoms with Crippen LogP contribution in [0.4, 0.5) is 0 Å². The number of ether oxygens (including phenoxy) is 1. The lowest BCUT2D eigenvalue weighted by Crippen LogP contribution is -2.41. The molecule has 0 spiro atoms. The van der Waals surface area contributed by atoms with E-state index in [9.17, 15) is 4.79 Å². The number of hydrogen-bond acceptors (Lipinski definition) is 3. The van der Waals surface area contributed by atoms with Crippen molar-refractivity contribution in [2.45, 2.75) is 38.6 Å². The van der Waals surface area contributed by atoms with Crippen LogP contribution in [0.25, 0.3) is 0 Å². The van der Waals surface area contributed by atoms with Crippen molar-refractivity contribution >= 4 is 5.97 Å². The summed E-state index contributed by atoms with van der Waals surface area (Å²) in [6, 6.07) is 0.0677. The van der Waals surface area contributed by atoms with E-state index in [4.69, 9.17) is 10.5 Å². The van der Waals surface area contributed by atoms with Crippen molar-refractivity contribution < 1.29 is 9.53 Å². The number of hydrogen-bond donors (Lipinski definition) is 1. The van der Waals surface area contributed by atoms with E-state index in [1.54, 1.807) is 0 Å². The van der Waals surface area contributed by atoms with E-state index in [0.717, 1.165) is 12.8 Å². The molecule has 2 aliphatic rings. The quantitative estimate of drug-likeness (QED) is 0.694. The predicted molar refractivity (Wildman–Crippen MR) is 53.5 cm³/mol. The number of rotatable bonds is 3. The molecule has 0 amide bonds. The van der Waals surface area contributed by atoms with Gasteiger partial charge in [0.15, 0.2) is 0 Å². The lowest BCUT2D eigenvalue weighted by molar-refractivity contribution is -0.151. The van der Waals surface area contributed by atoms with E-state index in [1.165, 1.54) is 12.8 Å². The second-order valence-electron chi connectivity index (χ2n) is 4.60. The van der Waals surface area contributed by atoms with E-state index in [2.05, 4.69) is 0 Å². The summed E-state index contributed by atoms with van der Waals surface area (Å²) >= 11 is 0. The molecule has 0 aromatic rings. The Morgan fingerprint density at radius 1 is 1.43 bits per heavy atom. The van der Waals surface area contributed by atoms with Gasteiger partial charge in [-0.1, -0.05) is 6.92 Å². The maximum Gasteiger partial charge on any atom is 0.310 e. The number of carbonyl (C=O) groups is 1. The summed E-state index contributed by atoms with van der Waals surface area (Å²) in [6.07, 6.45) is 4.42. The number of carbonyl (C=O) groups excluding carboxylic acids is 1. The Morgan fingerprint density at radius 3 is 2.71 bits per heavy atom. The van der Waals surface area contributed by atoms with Gasteiger partial charge in [0.1, 0.15) is 0 Å². The second-order valence-corrected chi connectivity index (χ2v) is 4.60. The average molecular weight is 197 g/mol. The maximum absolute atomic E-state index is 11.7. The first-order chi connectivity index (χ1) is 6.74. The molecule has 0 aromatic heterocycles. The van der Waals surface area contributed by atoms with Gasteiger partial charge in [-0.25, -0.2) is 0 Å². The Morgan fingerprint density at radius 2 is 2.14 bits per heavy atom. The summed E-state index contributed by atoms with van der Waals surface area (Å²) in [5.74, 6) is 1.05. The molecular formula is C11H19NO2. The molecule has 3 nitrogen and oxygen atoms in total. The van der Waals surface area contributed by atoms with Gasteiger partial charge in [0.2, 0.25) is 0 Å². The highest BCUT2D eigenvalue weighted by Gasteiger charge is 2.49. The number of fused-ring (bicyclic) bond motifs is 2. The van der Waals surface area contributed by atoms with Crippen molar-refractivity contribution in [3.63, 3.8) is 0 Å². The van der Waals surface area contributed by atoms with Gasteiger partial charge >= 0.3 is 5.97 Å². The minimum atomic E-state index is -0.0495. The van der Waals surface area contributed by atoms with E-state index in [0.29, 0.717) is 18.4 Å². The second kappa shape index (κ2) is 3.89. The van der Waals surface area contributed by atoms with Crippen LogP contribution in [0.5, 0.6) is 0 Å². The van der Waals surface area contributed by atoms with Crippen LogP contribution < -0.4 is 5.73 Å². The zero-order valence-electron chi connectivity index (χ0n) is 8.74. The smallest absolute Gasteiger partial charge is 0.310 e. The first-order valence-electron chi connectivity index (χ1n) is 5.66. The first kappa shape index (κ1) is 9.97. The molecule has 0 aliphatic heterocycles. The monoisotopic (exact) mass is 197 g/mol. The summed E-state index contributed by atoms with van der Waals surface area (Å²) in [5, 5.41) is 0. The minimum Gasteiger partial charge on any atom is -0.465 e. The first-order valence-corrected chi connectivity index (χ1v) is 5.66. The van der Waals surface area contributed by atoms with Gasteiger partial charge < -0.3 is 10.5 Å². The van der Waals surface area contributed by atoms with Crippen LogP contribution in [-0.2, 0) is 9.53 Å². The van der Waals surface area contributed by atoms with E-state index in [-0.39, 0.29) is 17.9 Å². The van der Waals surface area contributed by atoms with Crippen LogP contribution in [0.2, 0.25) is 0 Å². The Balaban J connectivity index is 1.94. The Kier molecular flexibility index (Phi) is 2.77. The summed E-state index contributed by atoms with van der Waals surface area (Å²) in [6.45, 7) is 2.55. The van der Waals surface area contributed by atoms with Crippen molar-refractivity contribution in [2.24, 2.45) is 23.5 Å². The van der Waals surface area contributed by atoms with Crippen LogP contribution in [0.3, 0.4) is 0 Å². The highest BCUT2D eigenvalue weighted by molar-refractivity contribution is 5.74. The molecule has 2 saturated carbocycles. The molecule has 2 bridgehead atoms. The molecule has 2 N–H and O–H groups in total. The molecular weight excluding hydrogens is 178 g/mol. The molecule has 4 atom stereocenters. The van der Waals surface area contributed by atoms with Crippen LogP contribution in [-0.4, -0.2) is 18.6 Å². The molecule has 14 heavy (non-hydrogen) atoms. The molecule has 2 fully saturated rings. The van der Waals surface area contributed by atoms with Gasteiger partial charge in [-0.05, 0) is 37.5 Å². The fraction of sp³-hybridized carbons (Fsp3) is 0.909. The number of esters is 1. The normalized spacial score (nSPS) is 40.1. The third-order valence-corrected chi connectivity index (χ3v) is 3.70. The van der Waals surface area contributed by atoms with Crippen molar-refractivity contribution in [2.75, 3.05) is 6.61 Å². The molecule has 2 rings (SSSR count). The van der Waals surface area contributed by atoms with E-state index < -0.39 is 0 Å². The maximum atomic E-state index is 11.7. The molecule has 0 radical (unpaired) electrons. The SMILES string of the molecule is CCCOC(=O)C1C2CCC(C2)C1N. The van der Waals surface area contributed by atoms with Crippen molar-refractivity contribution in [3.8, 4) is 0 Å². The third-order valence-electron chi connectivity index (χ3n) is 3.70. The van der Waals surface area contributed by atoms with E-state index in [1.807, 2.05) is 6.92 Å². The van der Waals surface area contributed by atoms with Gasteiger partial charge in [0.25, 0.3) is 0 Å². The Labute approximate surface area is 85.0 Å². The minimum absolute atomic E-state index is 0.000278. The highest BCUT2D eigenvalue weighted by atomic mass is 16.5. The lowest BCUT2D eigenvalue weighted by atomic mass is 9.85. The number of nitrogens with two attached hydrogens (primary N) is 1. The Hall–Kier alpha value is -0.570. The van der Waals surface area contributed by atoms with Crippen molar-refractivity contribution in [1.82, 2.24) is 0 Å². The fourth-order valence-corrected chi connectivity index (χ4v) is 2.98. The van der Waals surface area contributed by atoms with Crippen molar-refractivity contribution in [3.05, 3.63) is 0 Å². The molecule has 0 aromatic carbocycles. The molecule has 2 aliphatic carbocycles. The molecule has 80 valence electrons. The zero-order valence-corrected chi connectivity index (χ0v) is 8.74. The largest absolute Gasteiger partial charge is 0.465 e. The van der Waals surface area contributed by atoms with Gasteiger partial charge in [0, 0.05) is 6.04 Å². The third kappa shape index (κ3) is 1.54. The zero-order chi connectivity index (χ0) is 10.1. The van der Waals surface area contributed by atoms with Gasteiger partial charge in [-0.2, -0.15) is 0 Å². The van der Waals surface area contributed by atoms with Gasteiger partial charge in [-0.3, -0.25) is 4.79 Å². The summed E-state index contributed by atoms with van der Waals surface area (Å²) in [5.41, 5.74) is 6.04. The standard InChI is InChI=1S/C11H19NO2/c1-2-5-14-11(13)9-7-3-4-8(6-7)10(9)12/h7-10H,2-6,12H2,1H3. The van der Waals surface area contributed by atoms with Gasteiger partial charge in [-0.15, -0.1) is 0 Å². The van der Waals surface area contributed by atoms with Crippen LogP contribution in [0.15, 0.2) is 0 Å². The summed E-state index contributed by atoms with van der Waals surface area (Å²) in [7, 11) is 0. The van der Waals surface area contributed by atoms with E-state index >= 15 is 0 Å². The highest BCUT2D eigenvalue weighted by Crippen LogP contribution is 2.47. The molecule has 4 unspecified atom stereocenters. The predicted octanol–water partition coefficient (Wildman–Crippen LogP) is 1.31.